The van der Waals surface area contributed by atoms with Gasteiger partial charge in [-0.2, -0.15) is 0 Å². The quantitative estimate of drug-likeness (QED) is 0.900. The van der Waals surface area contributed by atoms with Gasteiger partial charge in [0, 0.05) is 19.0 Å². The van der Waals surface area contributed by atoms with Crippen LogP contribution in [0.1, 0.15) is 51.1 Å². The van der Waals surface area contributed by atoms with Crippen molar-refractivity contribution >= 4 is 5.69 Å². The zero-order chi connectivity index (χ0) is 14.1. The molecule has 20 heavy (non-hydrogen) atoms. The summed E-state index contributed by atoms with van der Waals surface area (Å²) in [5, 5.41) is 0. The zero-order valence-electron chi connectivity index (χ0n) is 12.6. The molecule has 0 amide bonds. The van der Waals surface area contributed by atoms with Crippen LogP contribution in [0.4, 0.5) is 5.69 Å². The van der Waals surface area contributed by atoms with E-state index in [4.69, 9.17) is 5.73 Å². The molecule has 4 nitrogen and oxygen atoms in total. The maximum atomic E-state index is 12.3. The van der Waals surface area contributed by atoms with Crippen molar-refractivity contribution < 1.29 is 0 Å². The summed E-state index contributed by atoms with van der Waals surface area (Å²) < 4.78 is 3.87. The third-order valence-corrected chi connectivity index (χ3v) is 6.24. The van der Waals surface area contributed by atoms with Gasteiger partial charge in [-0.05, 0) is 63.2 Å². The average molecular weight is 275 g/mol. The van der Waals surface area contributed by atoms with Gasteiger partial charge in [0.2, 0.25) is 0 Å². The van der Waals surface area contributed by atoms with Crippen LogP contribution in [0.25, 0.3) is 0 Å². The van der Waals surface area contributed by atoms with Gasteiger partial charge in [-0.15, -0.1) is 0 Å². The summed E-state index contributed by atoms with van der Waals surface area (Å²) in [6, 6.07) is 0. The molecule has 0 unspecified atom stereocenters. The van der Waals surface area contributed by atoms with Crippen molar-refractivity contribution in [1.82, 2.24) is 9.36 Å². The lowest BCUT2D eigenvalue weighted by Gasteiger charge is -2.57. The molecule has 2 N–H and O–H groups in total. The summed E-state index contributed by atoms with van der Waals surface area (Å²) in [6.45, 7) is 2.95. The minimum atomic E-state index is -0.00223. The van der Waals surface area contributed by atoms with Crippen molar-refractivity contribution in [2.75, 3.05) is 5.73 Å². The van der Waals surface area contributed by atoms with Gasteiger partial charge >= 0.3 is 0 Å². The van der Waals surface area contributed by atoms with E-state index in [0.717, 1.165) is 24.3 Å². The lowest BCUT2D eigenvalue weighted by molar-refractivity contribution is -0.00932. The normalized spacial score (nSPS) is 38.6. The van der Waals surface area contributed by atoms with Gasteiger partial charge in [-0.1, -0.05) is 0 Å². The first-order valence-corrected chi connectivity index (χ1v) is 8.10. The molecular weight excluding hydrogens is 250 g/mol. The summed E-state index contributed by atoms with van der Waals surface area (Å²) in [4.78, 5) is 12.3. The van der Waals surface area contributed by atoms with Crippen molar-refractivity contribution in [3.8, 4) is 0 Å². The van der Waals surface area contributed by atoms with Crippen LogP contribution < -0.4 is 11.3 Å². The Hall–Kier alpha value is -1.19. The van der Waals surface area contributed by atoms with Crippen LogP contribution >= 0.6 is 0 Å². The molecule has 0 atom stereocenters. The van der Waals surface area contributed by atoms with Gasteiger partial charge in [0.1, 0.15) is 5.69 Å². The number of nitrogen functional groups attached to an aromatic ring is 1. The van der Waals surface area contributed by atoms with Crippen molar-refractivity contribution in [1.29, 1.82) is 0 Å². The average Bonchev–Trinajstić information content (AvgIpc) is 2.61. The maximum absolute atomic E-state index is 12.3. The Bertz CT molecular complexity index is 575. The highest BCUT2D eigenvalue weighted by Crippen LogP contribution is 2.61. The molecule has 4 aliphatic carbocycles. The minimum Gasteiger partial charge on any atom is -0.393 e. The van der Waals surface area contributed by atoms with Crippen LogP contribution in [0.5, 0.6) is 0 Å². The monoisotopic (exact) mass is 275 g/mol. The molecule has 0 radical (unpaired) electrons. The molecule has 1 aromatic heterocycles. The fourth-order valence-corrected chi connectivity index (χ4v) is 6.00. The first-order valence-electron chi connectivity index (χ1n) is 8.10. The number of nitrogens with zero attached hydrogens (tertiary/aromatic N) is 2. The van der Waals surface area contributed by atoms with E-state index in [9.17, 15) is 4.79 Å². The molecule has 0 aliphatic heterocycles. The van der Waals surface area contributed by atoms with Crippen molar-refractivity contribution in [3.05, 3.63) is 16.0 Å². The van der Waals surface area contributed by atoms with Crippen LogP contribution in [0.15, 0.2) is 4.79 Å². The molecule has 4 bridgehead atoms. The number of hydrogen-bond acceptors (Lipinski definition) is 2. The van der Waals surface area contributed by atoms with E-state index in [0.29, 0.717) is 5.69 Å². The Morgan fingerprint density at radius 3 is 2.10 bits per heavy atom. The molecule has 0 spiro atoms. The first kappa shape index (κ1) is 12.5. The smallest absolute Gasteiger partial charge is 0.289 e. The second-order valence-electron chi connectivity index (χ2n) is 7.50. The molecular formula is C16H25N3O. The highest BCUT2D eigenvalue weighted by Gasteiger charge is 2.53. The van der Waals surface area contributed by atoms with Crippen LogP contribution in [0, 0.1) is 17.8 Å². The molecule has 5 rings (SSSR count). The van der Waals surface area contributed by atoms with Gasteiger partial charge in [0.25, 0.3) is 5.56 Å². The van der Waals surface area contributed by atoms with E-state index < -0.39 is 0 Å². The zero-order valence-corrected chi connectivity index (χ0v) is 12.6. The van der Waals surface area contributed by atoms with Crippen LogP contribution in [0.2, 0.25) is 0 Å². The van der Waals surface area contributed by atoms with E-state index in [-0.39, 0.29) is 11.0 Å². The SMILES string of the molecule is CCn1c(C23CC4CC(CC(C4)C2)C3)c(N)c(=O)n1C. The Balaban J connectivity index is 1.89. The number of nitrogens with two attached hydrogens (primary N) is 1. The van der Waals surface area contributed by atoms with Crippen molar-refractivity contribution in [2.24, 2.45) is 24.8 Å². The molecule has 0 aromatic carbocycles. The number of hydrogen-bond donors (Lipinski definition) is 1. The largest absolute Gasteiger partial charge is 0.393 e. The van der Waals surface area contributed by atoms with Gasteiger partial charge in [0.15, 0.2) is 0 Å². The van der Waals surface area contributed by atoms with E-state index >= 15 is 0 Å². The summed E-state index contributed by atoms with van der Waals surface area (Å²) in [5.74, 6) is 2.63. The first-order chi connectivity index (χ1) is 9.54. The second-order valence-corrected chi connectivity index (χ2v) is 7.50. The molecule has 4 aliphatic rings. The predicted molar refractivity (Wildman–Crippen MR) is 79.6 cm³/mol. The number of anilines is 1. The van der Waals surface area contributed by atoms with E-state index in [1.54, 1.807) is 4.68 Å². The van der Waals surface area contributed by atoms with Gasteiger partial charge in [-0.3, -0.25) is 14.2 Å². The summed E-state index contributed by atoms with van der Waals surface area (Å²) in [5.41, 5.74) is 8.15. The standard InChI is InChI=1S/C16H25N3O/c1-3-19-14(13(17)15(20)18(19)2)16-7-10-4-11(8-16)6-12(5-10)9-16/h10-12H,3-9,17H2,1-2H3. The van der Waals surface area contributed by atoms with E-state index in [1.165, 1.54) is 44.2 Å². The van der Waals surface area contributed by atoms with Crippen molar-refractivity contribution in [3.63, 3.8) is 0 Å². The maximum Gasteiger partial charge on any atom is 0.289 e. The van der Waals surface area contributed by atoms with Crippen LogP contribution in [-0.2, 0) is 19.0 Å². The second kappa shape index (κ2) is 3.92. The summed E-state index contributed by atoms with van der Waals surface area (Å²) in [7, 11) is 1.85. The van der Waals surface area contributed by atoms with Gasteiger partial charge < -0.3 is 5.73 Å². The molecule has 4 fully saturated rings. The van der Waals surface area contributed by atoms with Crippen LogP contribution in [0.3, 0.4) is 0 Å². The molecule has 1 aromatic rings. The summed E-state index contributed by atoms with van der Waals surface area (Å²) in [6.07, 6.45) is 8.03. The van der Waals surface area contributed by atoms with Gasteiger partial charge in [-0.25, -0.2) is 0 Å². The van der Waals surface area contributed by atoms with Crippen molar-refractivity contribution in [2.45, 2.75) is 57.4 Å². The highest BCUT2D eigenvalue weighted by molar-refractivity contribution is 5.47. The Kier molecular flexibility index (Phi) is 2.46. The Labute approximate surface area is 119 Å². The molecule has 4 heteroatoms. The summed E-state index contributed by atoms with van der Waals surface area (Å²) >= 11 is 0. The van der Waals surface area contributed by atoms with Crippen LogP contribution in [-0.4, -0.2) is 9.36 Å². The van der Waals surface area contributed by atoms with E-state index in [2.05, 4.69) is 11.6 Å². The predicted octanol–water partition coefficient (Wildman–Crippen LogP) is 2.26. The number of aromatic nitrogens is 2. The van der Waals surface area contributed by atoms with Gasteiger partial charge in [0.05, 0.1) is 5.69 Å². The molecule has 110 valence electrons. The van der Waals surface area contributed by atoms with E-state index in [1.807, 2.05) is 7.05 Å². The topological polar surface area (TPSA) is 52.9 Å². The Morgan fingerprint density at radius 2 is 1.65 bits per heavy atom. The third-order valence-electron chi connectivity index (χ3n) is 6.24. The lowest BCUT2D eigenvalue weighted by atomic mass is 9.48. The molecule has 1 heterocycles. The number of rotatable bonds is 2. The lowest BCUT2D eigenvalue weighted by Crippen LogP contribution is -2.49. The highest BCUT2D eigenvalue weighted by atomic mass is 16.1. The molecule has 0 saturated heterocycles. The minimum absolute atomic E-state index is 0.00223. The third kappa shape index (κ3) is 1.45. The Morgan fingerprint density at radius 1 is 1.15 bits per heavy atom. The fourth-order valence-electron chi connectivity index (χ4n) is 6.00. The molecule has 4 saturated carbocycles. The fraction of sp³-hybridized carbons (Fsp3) is 0.812.